The second kappa shape index (κ2) is 7.25. The number of hydrogen-bond acceptors (Lipinski definition) is 4. The second-order valence-electron chi connectivity index (χ2n) is 6.13. The van der Waals surface area contributed by atoms with Gasteiger partial charge in [0.15, 0.2) is 0 Å². The predicted octanol–water partition coefficient (Wildman–Crippen LogP) is 1.53. The molecule has 4 nitrogen and oxygen atoms in total. The van der Waals surface area contributed by atoms with Gasteiger partial charge >= 0.3 is 0 Å². The average Bonchev–Trinajstić information content (AvgIpc) is 2.55. The summed E-state index contributed by atoms with van der Waals surface area (Å²) in [5.74, 6) is 0. The molecule has 2 saturated heterocycles. The number of piperazine rings is 1. The highest BCUT2D eigenvalue weighted by Crippen LogP contribution is 2.19. The fraction of sp³-hybridized carbons (Fsp3) is 0.647. The van der Waals surface area contributed by atoms with Gasteiger partial charge in [-0.2, -0.15) is 0 Å². The van der Waals surface area contributed by atoms with Crippen LogP contribution in [-0.2, 0) is 4.74 Å². The third-order valence-corrected chi connectivity index (χ3v) is 4.64. The topological polar surface area (TPSA) is 19.0 Å². The summed E-state index contributed by atoms with van der Waals surface area (Å²) in [5, 5.41) is 0. The molecule has 116 valence electrons. The van der Waals surface area contributed by atoms with Crippen LogP contribution in [0.5, 0.6) is 0 Å². The normalized spacial score (nSPS) is 25.2. The maximum atomic E-state index is 5.41. The molecule has 2 heterocycles. The van der Waals surface area contributed by atoms with E-state index in [1.807, 2.05) is 0 Å². The minimum Gasteiger partial charge on any atom is -0.379 e. The molecule has 3 rings (SSSR count). The fourth-order valence-electron chi connectivity index (χ4n) is 3.35. The van der Waals surface area contributed by atoms with Gasteiger partial charge in [0, 0.05) is 57.5 Å². The quantitative estimate of drug-likeness (QED) is 0.837. The molecule has 0 radical (unpaired) electrons. The van der Waals surface area contributed by atoms with E-state index in [-0.39, 0.29) is 0 Å². The molecule has 2 aliphatic heterocycles. The first-order valence-corrected chi connectivity index (χ1v) is 8.17. The lowest BCUT2D eigenvalue weighted by molar-refractivity contribution is 0.0325. The predicted molar refractivity (Wildman–Crippen MR) is 86.9 cm³/mol. The van der Waals surface area contributed by atoms with Crippen molar-refractivity contribution < 1.29 is 4.74 Å². The van der Waals surface area contributed by atoms with Crippen LogP contribution in [0.2, 0.25) is 0 Å². The van der Waals surface area contributed by atoms with Crippen LogP contribution < -0.4 is 4.90 Å². The molecule has 4 heteroatoms. The molecule has 2 fully saturated rings. The van der Waals surface area contributed by atoms with Gasteiger partial charge in [-0.25, -0.2) is 0 Å². The van der Waals surface area contributed by atoms with Gasteiger partial charge < -0.3 is 9.64 Å². The highest BCUT2D eigenvalue weighted by atomic mass is 16.5. The van der Waals surface area contributed by atoms with Crippen LogP contribution in [-0.4, -0.2) is 74.9 Å². The van der Waals surface area contributed by atoms with E-state index in [4.69, 9.17) is 4.74 Å². The van der Waals surface area contributed by atoms with E-state index in [2.05, 4.69) is 52.0 Å². The van der Waals surface area contributed by atoms with Crippen molar-refractivity contribution >= 4 is 5.69 Å². The fourth-order valence-corrected chi connectivity index (χ4v) is 3.35. The Morgan fingerprint density at radius 3 is 2.38 bits per heavy atom. The number of benzene rings is 1. The number of nitrogens with zero attached hydrogens (tertiary/aromatic N) is 3. The Hall–Kier alpha value is -1.10. The lowest BCUT2D eigenvalue weighted by Gasteiger charge is -2.42. The van der Waals surface area contributed by atoms with Gasteiger partial charge in [-0.3, -0.25) is 9.80 Å². The minimum absolute atomic E-state index is 0.589. The first kappa shape index (κ1) is 14.8. The molecule has 0 bridgehead atoms. The summed E-state index contributed by atoms with van der Waals surface area (Å²) in [7, 11) is 0. The molecule has 1 aromatic rings. The van der Waals surface area contributed by atoms with Crippen molar-refractivity contribution in [1.82, 2.24) is 9.80 Å². The molecule has 0 N–H and O–H groups in total. The van der Waals surface area contributed by atoms with Gasteiger partial charge in [0.25, 0.3) is 0 Å². The van der Waals surface area contributed by atoms with E-state index in [1.165, 1.54) is 31.9 Å². The highest BCUT2D eigenvalue weighted by Gasteiger charge is 2.24. The summed E-state index contributed by atoms with van der Waals surface area (Å²) < 4.78 is 5.41. The van der Waals surface area contributed by atoms with Crippen molar-refractivity contribution in [3.05, 3.63) is 30.3 Å². The SMILES string of the molecule is CC1CN(CCN2CCOCC2)CCN1c1ccccc1. The minimum atomic E-state index is 0.589. The molecule has 2 aliphatic rings. The number of anilines is 1. The molecule has 1 atom stereocenters. The van der Waals surface area contributed by atoms with Gasteiger partial charge in [0.1, 0.15) is 0 Å². The summed E-state index contributed by atoms with van der Waals surface area (Å²) in [6, 6.07) is 11.4. The summed E-state index contributed by atoms with van der Waals surface area (Å²) in [5.41, 5.74) is 1.36. The van der Waals surface area contributed by atoms with Crippen LogP contribution in [0.3, 0.4) is 0 Å². The first-order chi connectivity index (χ1) is 10.3. The number of morpholine rings is 1. The number of para-hydroxylation sites is 1. The monoisotopic (exact) mass is 289 g/mol. The second-order valence-corrected chi connectivity index (χ2v) is 6.13. The summed E-state index contributed by atoms with van der Waals surface area (Å²) in [4.78, 5) is 7.67. The smallest absolute Gasteiger partial charge is 0.0594 e. The first-order valence-electron chi connectivity index (χ1n) is 8.17. The molecule has 0 aliphatic carbocycles. The Balaban J connectivity index is 1.46. The zero-order chi connectivity index (χ0) is 14.5. The van der Waals surface area contributed by atoms with Crippen LogP contribution in [0.25, 0.3) is 0 Å². The summed E-state index contributed by atoms with van der Waals surface area (Å²) in [6.45, 7) is 12.2. The lowest BCUT2D eigenvalue weighted by Crippen LogP contribution is -2.53. The Bertz CT molecular complexity index is 419. The molecule has 1 unspecified atom stereocenters. The van der Waals surface area contributed by atoms with Crippen LogP contribution in [0, 0.1) is 0 Å². The van der Waals surface area contributed by atoms with Crippen LogP contribution in [0.4, 0.5) is 5.69 Å². The Labute approximate surface area is 128 Å². The van der Waals surface area contributed by atoms with Crippen molar-refractivity contribution in [3.8, 4) is 0 Å². The van der Waals surface area contributed by atoms with Gasteiger partial charge in [0.2, 0.25) is 0 Å². The van der Waals surface area contributed by atoms with E-state index in [1.54, 1.807) is 0 Å². The number of hydrogen-bond donors (Lipinski definition) is 0. The Morgan fingerprint density at radius 2 is 1.67 bits per heavy atom. The van der Waals surface area contributed by atoms with E-state index < -0.39 is 0 Å². The van der Waals surface area contributed by atoms with E-state index in [9.17, 15) is 0 Å². The molecule has 0 spiro atoms. The molecular formula is C17H27N3O. The molecule has 0 amide bonds. The zero-order valence-corrected chi connectivity index (χ0v) is 13.1. The molecule has 21 heavy (non-hydrogen) atoms. The highest BCUT2D eigenvalue weighted by molar-refractivity contribution is 5.47. The van der Waals surface area contributed by atoms with Crippen molar-refractivity contribution in [3.63, 3.8) is 0 Å². The zero-order valence-electron chi connectivity index (χ0n) is 13.1. The number of ether oxygens (including phenoxy) is 1. The maximum Gasteiger partial charge on any atom is 0.0594 e. The van der Waals surface area contributed by atoms with E-state index in [0.717, 1.165) is 32.8 Å². The standard InChI is InChI=1S/C17H27N3O/c1-16-15-19(8-7-18-11-13-21-14-12-18)9-10-20(16)17-5-3-2-4-6-17/h2-6,16H,7-15H2,1H3. The lowest BCUT2D eigenvalue weighted by atomic mass is 10.1. The van der Waals surface area contributed by atoms with Crippen molar-refractivity contribution in [2.75, 3.05) is 63.9 Å². The van der Waals surface area contributed by atoms with Crippen molar-refractivity contribution in [2.45, 2.75) is 13.0 Å². The Morgan fingerprint density at radius 1 is 0.952 bits per heavy atom. The van der Waals surface area contributed by atoms with Crippen LogP contribution >= 0.6 is 0 Å². The third-order valence-electron chi connectivity index (χ3n) is 4.64. The van der Waals surface area contributed by atoms with Gasteiger partial charge in [0.05, 0.1) is 13.2 Å². The largest absolute Gasteiger partial charge is 0.379 e. The maximum absolute atomic E-state index is 5.41. The molecule has 1 aromatic carbocycles. The molecule has 0 aromatic heterocycles. The van der Waals surface area contributed by atoms with Crippen molar-refractivity contribution in [2.24, 2.45) is 0 Å². The van der Waals surface area contributed by atoms with Gasteiger partial charge in [-0.05, 0) is 19.1 Å². The Kier molecular flexibility index (Phi) is 5.12. The van der Waals surface area contributed by atoms with Crippen LogP contribution in [0.15, 0.2) is 30.3 Å². The van der Waals surface area contributed by atoms with Gasteiger partial charge in [-0.15, -0.1) is 0 Å². The van der Waals surface area contributed by atoms with E-state index >= 15 is 0 Å². The number of rotatable bonds is 4. The summed E-state index contributed by atoms with van der Waals surface area (Å²) >= 11 is 0. The van der Waals surface area contributed by atoms with Crippen molar-refractivity contribution in [1.29, 1.82) is 0 Å². The summed E-state index contributed by atoms with van der Waals surface area (Å²) in [6.07, 6.45) is 0. The van der Waals surface area contributed by atoms with Crippen LogP contribution in [0.1, 0.15) is 6.92 Å². The van der Waals surface area contributed by atoms with E-state index in [0.29, 0.717) is 6.04 Å². The molecule has 0 saturated carbocycles. The third kappa shape index (κ3) is 3.96. The van der Waals surface area contributed by atoms with Gasteiger partial charge in [-0.1, -0.05) is 18.2 Å². The molecular weight excluding hydrogens is 262 g/mol. The average molecular weight is 289 g/mol.